The fourth-order valence-electron chi connectivity index (χ4n) is 1.87. The average Bonchev–Trinajstić information content (AvgIpc) is 2.85. The van der Waals surface area contributed by atoms with Crippen molar-refractivity contribution in [3.63, 3.8) is 0 Å². The van der Waals surface area contributed by atoms with Crippen molar-refractivity contribution < 1.29 is 4.21 Å². The number of benzene rings is 1. The van der Waals surface area contributed by atoms with Crippen LogP contribution >= 0.6 is 0 Å². The van der Waals surface area contributed by atoms with Crippen LogP contribution in [0.25, 0.3) is 0 Å². The van der Waals surface area contributed by atoms with Crippen LogP contribution in [0.15, 0.2) is 47.6 Å². The molecule has 1 unspecified atom stereocenters. The topological polar surface area (TPSA) is 34.9 Å². The number of rotatable bonds is 6. The van der Waals surface area contributed by atoms with Gasteiger partial charge >= 0.3 is 0 Å². The fraction of sp³-hybridized carbons (Fsp3) is 0.357. The molecule has 18 heavy (non-hydrogen) atoms. The van der Waals surface area contributed by atoms with E-state index in [-0.39, 0.29) is 0 Å². The third kappa shape index (κ3) is 3.29. The number of hydrogen-bond acceptors (Lipinski definition) is 2. The maximum absolute atomic E-state index is 12.1. The van der Waals surface area contributed by atoms with Gasteiger partial charge in [0, 0.05) is 36.0 Å². The van der Waals surface area contributed by atoms with E-state index in [0.717, 1.165) is 30.1 Å². The summed E-state index contributed by atoms with van der Waals surface area (Å²) in [5.41, 5.74) is 0. The zero-order valence-corrected chi connectivity index (χ0v) is 11.4. The summed E-state index contributed by atoms with van der Waals surface area (Å²) in [6, 6.07) is 9.61. The van der Waals surface area contributed by atoms with Crippen molar-refractivity contribution >= 4 is 10.8 Å². The quantitative estimate of drug-likeness (QED) is 0.802. The van der Waals surface area contributed by atoms with E-state index in [0.29, 0.717) is 5.75 Å². The molecule has 0 saturated carbocycles. The lowest BCUT2D eigenvalue weighted by molar-refractivity contribution is 0.659. The average molecular weight is 262 g/mol. The molecular weight excluding hydrogens is 244 g/mol. The first-order valence-corrected chi connectivity index (χ1v) is 7.56. The van der Waals surface area contributed by atoms with Crippen LogP contribution in [0.2, 0.25) is 0 Å². The first kappa shape index (κ1) is 13.0. The minimum Gasteiger partial charge on any atom is -0.334 e. The second-order valence-electron chi connectivity index (χ2n) is 4.15. The van der Waals surface area contributed by atoms with Crippen LogP contribution < -0.4 is 0 Å². The summed E-state index contributed by atoms with van der Waals surface area (Å²) in [6.45, 7) is 2.90. The van der Waals surface area contributed by atoms with Gasteiger partial charge < -0.3 is 4.57 Å². The number of aryl methyl sites for hydroxylation is 2. The first-order valence-electron chi connectivity index (χ1n) is 6.24. The lowest BCUT2D eigenvalue weighted by Gasteiger charge is -2.07. The molecule has 2 aromatic rings. The molecule has 0 fully saturated rings. The van der Waals surface area contributed by atoms with E-state index < -0.39 is 10.8 Å². The van der Waals surface area contributed by atoms with Crippen molar-refractivity contribution in [1.29, 1.82) is 0 Å². The van der Waals surface area contributed by atoms with Crippen LogP contribution in [0.5, 0.6) is 0 Å². The van der Waals surface area contributed by atoms with E-state index >= 15 is 0 Å². The van der Waals surface area contributed by atoms with E-state index in [2.05, 4.69) is 16.5 Å². The van der Waals surface area contributed by atoms with Gasteiger partial charge in [-0.1, -0.05) is 25.1 Å². The zero-order chi connectivity index (χ0) is 12.8. The number of hydrogen-bond donors (Lipinski definition) is 0. The minimum atomic E-state index is -0.929. The van der Waals surface area contributed by atoms with E-state index in [1.54, 1.807) is 0 Å². The van der Waals surface area contributed by atoms with Gasteiger partial charge in [-0.3, -0.25) is 4.21 Å². The van der Waals surface area contributed by atoms with Crippen molar-refractivity contribution in [3.8, 4) is 0 Å². The Hall–Kier alpha value is -1.42. The SMILES string of the molecule is CCCc1nccn1CCS(=O)c1ccccc1. The van der Waals surface area contributed by atoms with Gasteiger partial charge in [-0.2, -0.15) is 0 Å². The van der Waals surface area contributed by atoms with Gasteiger partial charge in [0.05, 0.1) is 10.8 Å². The lowest BCUT2D eigenvalue weighted by atomic mass is 10.3. The van der Waals surface area contributed by atoms with Gasteiger partial charge in [-0.15, -0.1) is 0 Å². The van der Waals surface area contributed by atoms with Gasteiger partial charge in [0.2, 0.25) is 0 Å². The molecule has 0 saturated heterocycles. The molecule has 0 spiro atoms. The van der Waals surface area contributed by atoms with Crippen molar-refractivity contribution in [2.75, 3.05) is 5.75 Å². The molecule has 0 aliphatic carbocycles. The monoisotopic (exact) mass is 262 g/mol. The molecule has 0 N–H and O–H groups in total. The van der Waals surface area contributed by atoms with Crippen LogP contribution in [0, 0.1) is 0 Å². The van der Waals surface area contributed by atoms with Gasteiger partial charge in [0.15, 0.2) is 0 Å². The second kappa shape index (κ2) is 6.50. The highest BCUT2D eigenvalue weighted by Gasteiger charge is 2.06. The predicted molar refractivity (Wildman–Crippen MR) is 73.9 cm³/mol. The van der Waals surface area contributed by atoms with E-state index in [1.807, 2.05) is 42.7 Å². The van der Waals surface area contributed by atoms with E-state index in [9.17, 15) is 4.21 Å². The molecule has 96 valence electrons. The Morgan fingerprint density at radius 3 is 2.78 bits per heavy atom. The van der Waals surface area contributed by atoms with Crippen LogP contribution in [-0.2, 0) is 23.8 Å². The van der Waals surface area contributed by atoms with Gasteiger partial charge in [0.1, 0.15) is 5.82 Å². The summed E-state index contributed by atoms with van der Waals surface area (Å²) in [4.78, 5) is 5.22. The van der Waals surface area contributed by atoms with Gasteiger partial charge in [-0.05, 0) is 18.6 Å². The Labute approximate surface area is 110 Å². The van der Waals surface area contributed by atoms with Crippen molar-refractivity contribution in [2.45, 2.75) is 31.2 Å². The molecule has 0 amide bonds. The van der Waals surface area contributed by atoms with E-state index in [1.165, 1.54) is 0 Å². The molecule has 2 rings (SSSR count). The second-order valence-corrected chi connectivity index (χ2v) is 5.72. The van der Waals surface area contributed by atoms with Crippen molar-refractivity contribution in [1.82, 2.24) is 9.55 Å². The third-order valence-corrected chi connectivity index (χ3v) is 4.15. The van der Waals surface area contributed by atoms with Crippen LogP contribution in [0.1, 0.15) is 19.2 Å². The highest BCUT2D eigenvalue weighted by Crippen LogP contribution is 2.07. The van der Waals surface area contributed by atoms with Gasteiger partial charge in [0.25, 0.3) is 0 Å². The van der Waals surface area contributed by atoms with E-state index in [4.69, 9.17) is 0 Å². The summed E-state index contributed by atoms with van der Waals surface area (Å²) >= 11 is 0. The molecule has 1 aromatic heterocycles. The van der Waals surface area contributed by atoms with Crippen LogP contribution in [-0.4, -0.2) is 19.5 Å². The maximum Gasteiger partial charge on any atom is 0.108 e. The summed E-state index contributed by atoms with van der Waals surface area (Å²) in [5.74, 6) is 1.72. The van der Waals surface area contributed by atoms with Gasteiger partial charge in [-0.25, -0.2) is 4.98 Å². The largest absolute Gasteiger partial charge is 0.334 e. The molecular formula is C14H18N2OS. The predicted octanol–water partition coefficient (Wildman–Crippen LogP) is 2.64. The normalized spacial score (nSPS) is 12.5. The van der Waals surface area contributed by atoms with Crippen molar-refractivity contribution in [3.05, 3.63) is 48.5 Å². The Morgan fingerprint density at radius 2 is 2.06 bits per heavy atom. The molecule has 4 heteroatoms. The molecule has 0 radical (unpaired) electrons. The highest BCUT2D eigenvalue weighted by atomic mass is 32.2. The number of aromatic nitrogens is 2. The summed E-state index contributed by atoms with van der Waals surface area (Å²) in [5, 5.41) is 0. The summed E-state index contributed by atoms with van der Waals surface area (Å²) in [6.07, 6.45) is 5.84. The first-order chi connectivity index (χ1) is 8.81. The molecule has 0 aliphatic heterocycles. The fourth-order valence-corrected chi connectivity index (χ4v) is 2.93. The Balaban J connectivity index is 1.95. The number of imidazole rings is 1. The molecule has 1 heterocycles. The Morgan fingerprint density at radius 1 is 1.28 bits per heavy atom. The molecule has 0 bridgehead atoms. The molecule has 0 aliphatic rings. The lowest BCUT2D eigenvalue weighted by Crippen LogP contribution is -2.10. The Kier molecular flexibility index (Phi) is 4.70. The third-order valence-electron chi connectivity index (χ3n) is 2.80. The Bertz CT molecular complexity index is 508. The van der Waals surface area contributed by atoms with Crippen LogP contribution in [0.4, 0.5) is 0 Å². The maximum atomic E-state index is 12.1. The molecule has 3 nitrogen and oxygen atoms in total. The number of nitrogens with zero attached hydrogens (tertiary/aromatic N) is 2. The summed E-state index contributed by atoms with van der Waals surface area (Å²) in [7, 11) is -0.929. The smallest absolute Gasteiger partial charge is 0.108 e. The minimum absolute atomic E-state index is 0.636. The molecule has 1 atom stereocenters. The summed E-state index contributed by atoms with van der Waals surface area (Å²) < 4.78 is 14.2. The highest BCUT2D eigenvalue weighted by molar-refractivity contribution is 7.85. The molecule has 1 aromatic carbocycles. The van der Waals surface area contributed by atoms with Crippen LogP contribution in [0.3, 0.4) is 0 Å². The standard InChI is InChI=1S/C14H18N2OS/c1-2-6-14-15-9-10-16(14)11-12-18(17)13-7-4-3-5-8-13/h3-5,7-10H,2,6,11-12H2,1H3. The zero-order valence-electron chi connectivity index (χ0n) is 10.6. The van der Waals surface area contributed by atoms with Crippen molar-refractivity contribution in [2.24, 2.45) is 0 Å².